The van der Waals surface area contributed by atoms with Gasteiger partial charge in [-0.2, -0.15) is 0 Å². The summed E-state index contributed by atoms with van der Waals surface area (Å²) in [5, 5.41) is 11.5. The van der Waals surface area contributed by atoms with E-state index in [-0.39, 0.29) is 5.84 Å². The molecule has 1 rings (SSSR count). The summed E-state index contributed by atoms with van der Waals surface area (Å²) < 4.78 is 1.11. The standard InChI is InChI=1S/C12H18BrN3O/c1-2-16(8-7-12(14)15-17)9-10-5-3-4-6-11(10)13/h3-6,17H,2,7-9H2,1H3,(H2,14,15). The first-order valence-corrected chi connectivity index (χ1v) is 6.38. The fraction of sp³-hybridized carbons (Fsp3) is 0.417. The van der Waals surface area contributed by atoms with Crippen LogP contribution in [0.2, 0.25) is 0 Å². The Kier molecular flexibility index (Phi) is 6.00. The lowest BCUT2D eigenvalue weighted by atomic mass is 10.2. The maximum Gasteiger partial charge on any atom is 0.140 e. The van der Waals surface area contributed by atoms with Gasteiger partial charge in [-0.1, -0.05) is 46.2 Å². The van der Waals surface area contributed by atoms with Crippen LogP contribution in [0.4, 0.5) is 0 Å². The third kappa shape index (κ3) is 4.75. The molecule has 5 heteroatoms. The van der Waals surface area contributed by atoms with Gasteiger partial charge in [-0.25, -0.2) is 0 Å². The molecule has 0 saturated carbocycles. The molecule has 0 atom stereocenters. The van der Waals surface area contributed by atoms with Crippen LogP contribution in [0.25, 0.3) is 0 Å². The highest BCUT2D eigenvalue weighted by Gasteiger charge is 2.07. The van der Waals surface area contributed by atoms with Crippen LogP contribution in [-0.4, -0.2) is 29.0 Å². The average Bonchev–Trinajstić information content (AvgIpc) is 2.36. The van der Waals surface area contributed by atoms with Gasteiger partial charge in [0.15, 0.2) is 0 Å². The van der Waals surface area contributed by atoms with Crippen LogP contribution in [0.3, 0.4) is 0 Å². The molecule has 1 aromatic carbocycles. The van der Waals surface area contributed by atoms with Crippen LogP contribution in [0, 0.1) is 0 Å². The number of rotatable bonds is 6. The van der Waals surface area contributed by atoms with Crippen molar-refractivity contribution in [2.24, 2.45) is 10.9 Å². The molecule has 0 aliphatic carbocycles. The van der Waals surface area contributed by atoms with E-state index in [4.69, 9.17) is 10.9 Å². The Bertz CT molecular complexity index is 382. The number of hydrogen-bond donors (Lipinski definition) is 2. The molecule has 4 nitrogen and oxygen atoms in total. The first-order chi connectivity index (χ1) is 8.17. The van der Waals surface area contributed by atoms with Gasteiger partial charge in [0.25, 0.3) is 0 Å². The van der Waals surface area contributed by atoms with Crippen molar-refractivity contribution in [3.63, 3.8) is 0 Å². The summed E-state index contributed by atoms with van der Waals surface area (Å²) >= 11 is 3.53. The van der Waals surface area contributed by atoms with Crippen molar-refractivity contribution in [3.8, 4) is 0 Å². The molecule has 94 valence electrons. The maximum atomic E-state index is 8.49. The number of oxime groups is 1. The predicted molar refractivity (Wildman–Crippen MR) is 73.1 cm³/mol. The summed E-state index contributed by atoms with van der Waals surface area (Å²) in [7, 11) is 0. The molecule has 0 unspecified atom stereocenters. The molecular weight excluding hydrogens is 282 g/mol. The van der Waals surface area contributed by atoms with Crippen molar-refractivity contribution in [2.45, 2.75) is 19.9 Å². The van der Waals surface area contributed by atoms with Gasteiger partial charge < -0.3 is 10.9 Å². The van der Waals surface area contributed by atoms with E-state index in [9.17, 15) is 0 Å². The minimum Gasteiger partial charge on any atom is -0.409 e. The average molecular weight is 300 g/mol. The Morgan fingerprint density at radius 1 is 1.47 bits per heavy atom. The SMILES string of the molecule is CCN(CC/C(N)=N/O)Cc1ccccc1Br. The van der Waals surface area contributed by atoms with Crippen LogP contribution in [0.15, 0.2) is 33.9 Å². The number of benzene rings is 1. The molecule has 0 fully saturated rings. The van der Waals surface area contributed by atoms with Gasteiger partial charge in [-0.15, -0.1) is 0 Å². The zero-order valence-electron chi connectivity index (χ0n) is 9.93. The minimum atomic E-state index is 0.274. The largest absolute Gasteiger partial charge is 0.409 e. The molecule has 0 spiro atoms. The summed E-state index contributed by atoms with van der Waals surface area (Å²) in [6.45, 7) is 4.67. The van der Waals surface area contributed by atoms with Crippen LogP contribution < -0.4 is 5.73 Å². The molecule has 0 aromatic heterocycles. The molecule has 17 heavy (non-hydrogen) atoms. The molecule has 0 aliphatic rings. The van der Waals surface area contributed by atoms with E-state index in [0.29, 0.717) is 6.42 Å². The second-order valence-electron chi connectivity index (χ2n) is 3.80. The van der Waals surface area contributed by atoms with Gasteiger partial charge in [0.1, 0.15) is 5.84 Å². The number of halogens is 1. The molecule has 0 amide bonds. The topological polar surface area (TPSA) is 61.8 Å². The summed E-state index contributed by atoms with van der Waals surface area (Å²) in [4.78, 5) is 2.25. The number of nitrogens with zero attached hydrogens (tertiary/aromatic N) is 2. The fourth-order valence-corrected chi connectivity index (χ4v) is 1.95. The highest BCUT2D eigenvalue weighted by Crippen LogP contribution is 2.17. The summed E-state index contributed by atoms with van der Waals surface area (Å²) in [6.07, 6.45) is 0.578. The molecule has 1 aromatic rings. The quantitative estimate of drug-likeness (QED) is 0.367. The molecule has 0 bridgehead atoms. The maximum absolute atomic E-state index is 8.49. The van der Waals surface area contributed by atoms with Gasteiger partial charge in [0, 0.05) is 24.0 Å². The monoisotopic (exact) mass is 299 g/mol. The molecule has 0 radical (unpaired) electrons. The van der Waals surface area contributed by atoms with Gasteiger partial charge in [-0.05, 0) is 18.2 Å². The zero-order chi connectivity index (χ0) is 12.7. The lowest BCUT2D eigenvalue weighted by molar-refractivity contribution is 0.282. The summed E-state index contributed by atoms with van der Waals surface area (Å²) in [5.41, 5.74) is 6.71. The first-order valence-electron chi connectivity index (χ1n) is 5.59. The van der Waals surface area contributed by atoms with Crippen LogP contribution >= 0.6 is 15.9 Å². The highest BCUT2D eigenvalue weighted by molar-refractivity contribution is 9.10. The lowest BCUT2D eigenvalue weighted by Crippen LogP contribution is -2.28. The van der Waals surface area contributed by atoms with E-state index in [1.807, 2.05) is 18.2 Å². The van der Waals surface area contributed by atoms with Gasteiger partial charge in [0.05, 0.1) is 0 Å². The van der Waals surface area contributed by atoms with Crippen LogP contribution in [0.5, 0.6) is 0 Å². The van der Waals surface area contributed by atoms with Gasteiger partial charge in [-0.3, -0.25) is 4.90 Å². The Morgan fingerprint density at radius 3 is 2.76 bits per heavy atom. The Morgan fingerprint density at radius 2 is 2.18 bits per heavy atom. The zero-order valence-corrected chi connectivity index (χ0v) is 11.5. The Labute approximate surface area is 110 Å². The summed E-state index contributed by atoms with van der Waals surface area (Å²) in [5.74, 6) is 0.274. The normalized spacial score (nSPS) is 12.1. The predicted octanol–water partition coefficient (Wildman–Crippen LogP) is 2.41. The second kappa shape index (κ2) is 7.29. The highest BCUT2D eigenvalue weighted by atomic mass is 79.9. The van der Waals surface area contributed by atoms with Crippen LogP contribution in [0.1, 0.15) is 18.9 Å². The smallest absolute Gasteiger partial charge is 0.140 e. The number of nitrogens with two attached hydrogens (primary N) is 1. The van der Waals surface area contributed by atoms with E-state index < -0.39 is 0 Å². The van der Waals surface area contributed by atoms with Crippen molar-refractivity contribution in [2.75, 3.05) is 13.1 Å². The molecular formula is C12H18BrN3O. The number of hydrogen-bond acceptors (Lipinski definition) is 3. The van der Waals surface area contributed by atoms with Crippen molar-refractivity contribution >= 4 is 21.8 Å². The molecule has 0 aliphatic heterocycles. The molecule has 3 N–H and O–H groups in total. The number of amidine groups is 1. The lowest BCUT2D eigenvalue weighted by Gasteiger charge is -2.20. The van der Waals surface area contributed by atoms with Gasteiger partial charge in [0.2, 0.25) is 0 Å². The van der Waals surface area contributed by atoms with Crippen molar-refractivity contribution in [1.82, 2.24) is 4.90 Å². The molecule has 0 heterocycles. The van der Waals surface area contributed by atoms with Gasteiger partial charge >= 0.3 is 0 Å². The Balaban J connectivity index is 2.55. The van der Waals surface area contributed by atoms with E-state index in [1.165, 1.54) is 5.56 Å². The first kappa shape index (κ1) is 14.0. The van der Waals surface area contributed by atoms with E-state index in [2.05, 4.69) is 39.0 Å². The van der Waals surface area contributed by atoms with E-state index >= 15 is 0 Å². The second-order valence-corrected chi connectivity index (χ2v) is 4.66. The van der Waals surface area contributed by atoms with Crippen molar-refractivity contribution in [1.29, 1.82) is 0 Å². The Hall–Kier alpha value is -1.07. The summed E-state index contributed by atoms with van der Waals surface area (Å²) in [6, 6.07) is 8.15. The fourth-order valence-electron chi connectivity index (χ4n) is 1.54. The van der Waals surface area contributed by atoms with Crippen molar-refractivity contribution in [3.05, 3.63) is 34.3 Å². The van der Waals surface area contributed by atoms with E-state index in [1.54, 1.807) is 0 Å². The third-order valence-electron chi connectivity index (χ3n) is 2.61. The minimum absolute atomic E-state index is 0.274. The van der Waals surface area contributed by atoms with Crippen molar-refractivity contribution < 1.29 is 5.21 Å². The molecule has 0 saturated heterocycles. The van der Waals surface area contributed by atoms with E-state index in [0.717, 1.165) is 24.1 Å². The van der Waals surface area contributed by atoms with Crippen LogP contribution in [-0.2, 0) is 6.54 Å². The third-order valence-corrected chi connectivity index (χ3v) is 3.39.